The average molecular weight is 422 g/mol. The van der Waals surface area contributed by atoms with Crippen molar-refractivity contribution in [1.29, 1.82) is 0 Å². The van der Waals surface area contributed by atoms with Crippen LogP contribution in [0.3, 0.4) is 0 Å². The van der Waals surface area contributed by atoms with Gasteiger partial charge in [0.2, 0.25) is 5.43 Å². The lowest BCUT2D eigenvalue weighted by Gasteiger charge is -2.29. The molecule has 0 radical (unpaired) electrons. The van der Waals surface area contributed by atoms with Gasteiger partial charge in [0.25, 0.3) is 0 Å². The number of phenols is 1. The minimum absolute atomic E-state index is 0.0412. The maximum absolute atomic E-state index is 14.9. The lowest BCUT2D eigenvalue weighted by molar-refractivity contribution is 0.104. The molecule has 2 aromatic heterocycles. The minimum Gasteiger partial charge on any atom is -0.508 e. The highest BCUT2D eigenvalue weighted by atomic mass is 19.1. The van der Waals surface area contributed by atoms with Crippen LogP contribution in [0.5, 0.6) is 5.75 Å². The standard InChI is InChI=1S/C23H23FN4O3/c1-2-27-14-18(20(30)8-5-15-3-6-16(29)7-4-15)21(31)17-13-19(24)23(26-22(17)27)28-11-9-25-10-12-28/h3-8,13-14,25,29H,2,9-12H2,1H3. The van der Waals surface area contributed by atoms with E-state index in [0.29, 0.717) is 30.8 Å². The number of nitrogens with one attached hydrogen (secondary N) is 1. The van der Waals surface area contributed by atoms with E-state index in [2.05, 4.69) is 10.3 Å². The zero-order chi connectivity index (χ0) is 22.0. The molecule has 1 aromatic carbocycles. The van der Waals surface area contributed by atoms with Crippen LogP contribution < -0.4 is 15.6 Å². The van der Waals surface area contributed by atoms with Crippen LogP contribution in [-0.2, 0) is 6.54 Å². The van der Waals surface area contributed by atoms with Crippen LogP contribution in [0.1, 0.15) is 22.8 Å². The molecular formula is C23H23FN4O3. The van der Waals surface area contributed by atoms with E-state index in [-0.39, 0.29) is 22.5 Å². The maximum atomic E-state index is 14.9. The van der Waals surface area contributed by atoms with Crippen LogP contribution in [0.25, 0.3) is 17.1 Å². The van der Waals surface area contributed by atoms with Crippen LogP contribution in [0.2, 0.25) is 0 Å². The monoisotopic (exact) mass is 422 g/mol. The molecule has 0 atom stereocenters. The molecule has 4 rings (SSSR count). The number of phenolic OH excluding ortho intramolecular Hbond substituents is 1. The van der Waals surface area contributed by atoms with Crippen molar-refractivity contribution in [3.63, 3.8) is 0 Å². The molecule has 1 fully saturated rings. The van der Waals surface area contributed by atoms with Crippen LogP contribution in [0.4, 0.5) is 10.2 Å². The van der Waals surface area contributed by atoms with Gasteiger partial charge in [0.1, 0.15) is 11.4 Å². The minimum atomic E-state index is -0.571. The number of nitrogens with zero attached hydrogens (tertiary/aromatic N) is 3. The highest BCUT2D eigenvalue weighted by Crippen LogP contribution is 2.22. The quantitative estimate of drug-likeness (QED) is 0.486. The molecule has 7 nitrogen and oxygen atoms in total. The summed E-state index contributed by atoms with van der Waals surface area (Å²) in [5.41, 5.74) is 0.483. The Morgan fingerprint density at radius 1 is 1.26 bits per heavy atom. The molecule has 0 aliphatic carbocycles. The number of halogens is 1. The maximum Gasteiger partial charge on any atom is 0.202 e. The first-order valence-corrected chi connectivity index (χ1v) is 10.2. The number of aromatic nitrogens is 2. The number of benzene rings is 1. The second-order valence-corrected chi connectivity index (χ2v) is 7.35. The summed E-state index contributed by atoms with van der Waals surface area (Å²) in [7, 11) is 0. The van der Waals surface area contributed by atoms with Crippen molar-refractivity contribution in [1.82, 2.24) is 14.9 Å². The first kappa shape index (κ1) is 20.7. The van der Waals surface area contributed by atoms with Gasteiger partial charge >= 0.3 is 0 Å². The number of anilines is 1. The van der Waals surface area contributed by atoms with Crippen LogP contribution in [-0.4, -0.2) is 46.6 Å². The molecule has 1 aliphatic heterocycles. The number of hydrogen-bond donors (Lipinski definition) is 2. The third-order valence-electron chi connectivity index (χ3n) is 5.33. The number of pyridine rings is 2. The summed E-state index contributed by atoms with van der Waals surface area (Å²) < 4.78 is 16.6. The van der Waals surface area contributed by atoms with Crippen molar-refractivity contribution in [3.05, 3.63) is 69.8 Å². The Hall–Kier alpha value is -3.52. The number of aryl methyl sites for hydroxylation is 1. The molecule has 160 valence electrons. The van der Waals surface area contributed by atoms with E-state index in [4.69, 9.17) is 0 Å². The van der Waals surface area contributed by atoms with E-state index >= 15 is 0 Å². The summed E-state index contributed by atoms with van der Waals surface area (Å²) >= 11 is 0. The summed E-state index contributed by atoms with van der Waals surface area (Å²) in [4.78, 5) is 32.1. The van der Waals surface area contributed by atoms with E-state index in [0.717, 1.165) is 13.1 Å². The van der Waals surface area contributed by atoms with Gasteiger partial charge in [-0.1, -0.05) is 18.2 Å². The fourth-order valence-electron chi connectivity index (χ4n) is 3.64. The lowest BCUT2D eigenvalue weighted by atomic mass is 10.1. The Balaban J connectivity index is 1.75. The van der Waals surface area contributed by atoms with Crippen molar-refractivity contribution < 1.29 is 14.3 Å². The largest absolute Gasteiger partial charge is 0.508 e. The SMILES string of the molecule is CCn1cc(C(=O)C=Cc2ccc(O)cc2)c(=O)c2cc(F)c(N3CCNCC3)nc21. The molecule has 0 saturated carbocycles. The predicted octanol–water partition coefficient (Wildman–Crippen LogP) is 2.57. The zero-order valence-electron chi connectivity index (χ0n) is 17.1. The molecule has 2 N–H and O–H groups in total. The van der Waals surface area contributed by atoms with Gasteiger partial charge in [-0.3, -0.25) is 9.59 Å². The van der Waals surface area contributed by atoms with Gasteiger partial charge in [0.15, 0.2) is 17.4 Å². The van der Waals surface area contributed by atoms with Crippen LogP contribution in [0, 0.1) is 5.82 Å². The molecule has 0 spiro atoms. The van der Waals surface area contributed by atoms with Gasteiger partial charge in [-0.15, -0.1) is 0 Å². The average Bonchev–Trinajstić information content (AvgIpc) is 2.79. The Morgan fingerprint density at radius 2 is 1.97 bits per heavy atom. The van der Waals surface area contributed by atoms with Crippen molar-refractivity contribution >= 4 is 28.7 Å². The molecule has 31 heavy (non-hydrogen) atoms. The van der Waals surface area contributed by atoms with E-state index in [9.17, 15) is 19.1 Å². The topological polar surface area (TPSA) is 87.5 Å². The van der Waals surface area contributed by atoms with Crippen LogP contribution >= 0.6 is 0 Å². The highest BCUT2D eigenvalue weighted by Gasteiger charge is 2.21. The Morgan fingerprint density at radius 3 is 2.65 bits per heavy atom. The smallest absolute Gasteiger partial charge is 0.202 e. The zero-order valence-corrected chi connectivity index (χ0v) is 17.1. The number of fused-ring (bicyclic) bond motifs is 1. The third kappa shape index (κ3) is 4.20. The third-order valence-corrected chi connectivity index (χ3v) is 5.33. The second-order valence-electron chi connectivity index (χ2n) is 7.35. The van der Waals surface area contributed by atoms with Gasteiger partial charge in [-0.05, 0) is 36.8 Å². The van der Waals surface area contributed by atoms with Crippen molar-refractivity contribution in [3.8, 4) is 5.75 Å². The number of aromatic hydroxyl groups is 1. The normalized spacial score (nSPS) is 14.5. The van der Waals surface area contributed by atoms with Gasteiger partial charge in [0.05, 0.1) is 10.9 Å². The summed E-state index contributed by atoms with van der Waals surface area (Å²) in [6.07, 6.45) is 4.35. The number of carbonyl (C=O) groups is 1. The Labute approximate surface area is 178 Å². The number of rotatable bonds is 5. The Kier molecular flexibility index (Phi) is 5.81. The molecule has 0 amide bonds. The van der Waals surface area contributed by atoms with Crippen molar-refractivity contribution in [2.45, 2.75) is 13.5 Å². The second kappa shape index (κ2) is 8.69. The van der Waals surface area contributed by atoms with Crippen molar-refractivity contribution in [2.75, 3.05) is 31.1 Å². The number of hydrogen-bond acceptors (Lipinski definition) is 6. The number of carbonyl (C=O) groups excluding carboxylic acids is 1. The van der Waals surface area contributed by atoms with E-state index in [1.54, 1.807) is 22.8 Å². The van der Waals surface area contributed by atoms with Gasteiger partial charge in [0, 0.05) is 38.9 Å². The number of ketones is 1. The fraction of sp³-hybridized carbons (Fsp3) is 0.261. The van der Waals surface area contributed by atoms with Gasteiger partial charge < -0.3 is 19.9 Å². The molecule has 0 bridgehead atoms. The Bertz CT molecular complexity index is 1210. The number of allylic oxidation sites excluding steroid dienone is 1. The van der Waals surface area contributed by atoms with Gasteiger partial charge in [-0.2, -0.15) is 0 Å². The number of piperazine rings is 1. The summed E-state index contributed by atoms with van der Waals surface area (Å²) in [5.74, 6) is -0.701. The fourth-order valence-corrected chi connectivity index (χ4v) is 3.64. The molecule has 8 heteroatoms. The van der Waals surface area contributed by atoms with Crippen molar-refractivity contribution in [2.24, 2.45) is 0 Å². The molecule has 1 aliphatic rings. The highest BCUT2D eigenvalue weighted by molar-refractivity contribution is 6.08. The van der Waals surface area contributed by atoms with E-state index < -0.39 is 17.0 Å². The molecule has 1 saturated heterocycles. The first-order valence-electron chi connectivity index (χ1n) is 10.2. The molecule has 0 unspecified atom stereocenters. The van der Waals surface area contributed by atoms with E-state index in [1.165, 1.54) is 30.5 Å². The summed E-state index contributed by atoms with van der Waals surface area (Å²) in [5, 5.41) is 12.7. The molecule has 3 aromatic rings. The summed E-state index contributed by atoms with van der Waals surface area (Å²) in [6.45, 7) is 5.08. The molecule has 3 heterocycles. The summed E-state index contributed by atoms with van der Waals surface area (Å²) in [6, 6.07) is 7.51. The van der Waals surface area contributed by atoms with Gasteiger partial charge in [-0.25, -0.2) is 9.37 Å². The van der Waals surface area contributed by atoms with Crippen LogP contribution in [0.15, 0.2) is 47.4 Å². The predicted molar refractivity (Wildman–Crippen MR) is 118 cm³/mol. The van der Waals surface area contributed by atoms with E-state index in [1.807, 2.05) is 11.8 Å². The first-order chi connectivity index (χ1) is 15.0. The molecular weight excluding hydrogens is 399 g/mol. The lowest BCUT2D eigenvalue weighted by Crippen LogP contribution is -2.44.